The van der Waals surface area contributed by atoms with Gasteiger partial charge in [-0.1, -0.05) is 13.3 Å². The molecule has 94 valence electrons. The van der Waals surface area contributed by atoms with Crippen LogP contribution in [0.1, 0.15) is 46.5 Å². The molecular weight excluding hydrogens is 200 g/mol. The molecule has 0 aliphatic rings. The van der Waals surface area contributed by atoms with E-state index in [1.165, 1.54) is 0 Å². The molecule has 3 nitrogen and oxygen atoms in total. The Balaban J connectivity index is 3.50. The van der Waals surface area contributed by atoms with Crippen molar-refractivity contribution in [1.82, 2.24) is 5.32 Å². The maximum absolute atomic E-state index is 8.86. The minimum Gasteiger partial charge on any atom is -0.383 e. The lowest BCUT2D eigenvalue weighted by Gasteiger charge is -2.17. The summed E-state index contributed by atoms with van der Waals surface area (Å²) >= 11 is 0. The number of nitrogens with zero attached hydrogens (tertiary/aromatic N) is 1. The Hall–Kier alpha value is -0.590. The number of nitriles is 1. The lowest BCUT2D eigenvalue weighted by Crippen LogP contribution is -2.33. The van der Waals surface area contributed by atoms with E-state index in [0.29, 0.717) is 6.04 Å². The van der Waals surface area contributed by atoms with Crippen LogP contribution in [0.4, 0.5) is 0 Å². The summed E-state index contributed by atoms with van der Waals surface area (Å²) in [4.78, 5) is 0. The Kier molecular flexibility index (Phi) is 8.23. The second kappa shape index (κ2) is 8.55. The molecule has 0 bridgehead atoms. The topological polar surface area (TPSA) is 45.0 Å². The van der Waals surface area contributed by atoms with Crippen molar-refractivity contribution in [3.63, 3.8) is 0 Å². The average molecular weight is 226 g/mol. The van der Waals surface area contributed by atoms with Gasteiger partial charge in [0.05, 0.1) is 18.1 Å². The molecule has 0 aliphatic heterocycles. The van der Waals surface area contributed by atoms with E-state index in [0.717, 1.165) is 38.8 Å². The Morgan fingerprint density at radius 3 is 2.56 bits per heavy atom. The number of hydrogen-bond acceptors (Lipinski definition) is 3. The van der Waals surface area contributed by atoms with Crippen LogP contribution in [-0.4, -0.2) is 26.3 Å². The highest BCUT2D eigenvalue weighted by molar-refractivity contribution is 4.91. The molecule has 0 aromatic heterocycles. The van der Waals surface area contributed by atoms with Crippen molar-refractivity contribution >= 4 is 0 Å². The molecule has 0 saturated carbocycles. The zero-order chi connectivity index (χ0) is 12.4. The van der Waals surface area contributed by atoms with Crippen LogP contribution in [0, 0.1) is 16.7 Å². The molecule has 0 radical (unpaired) electrons. The summed E-state index contributed by atoms with van der Waals surface area (Å²) in [5.41, 5.74) is -0.170. The molecule has 0 rings (SSSR count). The van der Waals surface area contributed by atoms with Crippen molar-refractivity contribution in [3.05, 3.63) is 0 Å². The molecule has 1 unspecified atom stereocenters. The van der Waals surface area contributed by atoms with Crippen LogP contribution < -0.4 is 5.32 Å². The Bertz CT molecular complexity index is 208. The van der Waals surface area contributed by atoms with Crippen LogP contribution in [0.5, 0.6) is 0 Å². The number of methoxy groups -OCH3 is 1. The number of rotatable bonds is 9. The predicted molar refractivity (Wildman–Crippen MR) is 67.2 cm³/mol. The van der Waals surface area contributed by atoms with Crippen LogP contribution in [0.15, 0.2) is 0 Å². The summed E-state index contributed by atoms with van der Waals surface area (Å²) in [5, 5.41) is 12.3. The average Bonchev–Trinajstić information content (AvgIpc) is 2.27. The van der Waals surface area contributed by atoms with E-state index < -0.39 is 0 Å². The fourth-order valence-corrected chi connectivity index (χ4v) is 1.58. The molecule has 0 heterocycles. The van der Waals surface area contributed by atoms with Gasteiger partial charge in [-0.3, -0.25) is 0 Å². The molecule has 16 heavy (non-hydrogen) atoms. The SMILES string of the molecule is CCC(COC)NCCCCC(C)(C)C#N. The summed E-state index contributed by atoms with van der Waals surface area (Å²) in [6.45, 7) is 7.96. The number of unbranched alkanes of at least 4 members (excludes halogenated alkanes) is 1. The fraction of sp³-hybridized carbons (Fsp3) is 0.923. The van der Waals surface area contributed by atoms with Crippen molar-refractivity contribution in [2.24, 2.45) is 5.41 Å². The molecule has 0 aromatic carbocycles. The van der Waals surface area contributed by atoms with E-state index in [1.807, 2.05) is 13.8 Å². The van der Waals surface area contributed by atoms with Gasteiger partial charge in [-0.15, -0.1) is 0 Å². The Morgan fingerprint density at radius 2 is 2.06 bits per heavy atom. The first-order chi connectivity index (χ1) is 7.55. The third kappa shape index (κ3) is 7.67. The predicted octanol–water partition coefficient (Wildman–Crippen LogP) is 2.72. The molecule has 0 spiro atoms. The van der Waals surface area contributed by atoms with Crippen molar-refractivity contribution < 1.29 is 4.74 Å². The van der Waals surface area contributed by atoms with E-state index in [2.05, 4.69) is 18.3 Å². The number of ether oxygens (including phenoxy) is 1. The van der Waals surface area contributed by atoms with Gasteiger partial charge >= 0.3 is 0 Å². The van der Waals surface area contributed by atoms with Crippen molar-refractivity contribution in [3.8, 4) is 6.07 Å². The van der Waals surface area contributed by atoms with Gasteiger partial charge in [-0.2, -0.15) is 5.26 Å². The molecule has 0 saturated heterocycles. The fourth-order valence-electron chi connectivity index (χ4n) is 1.58. The number of hydrogen-bond donors (Lipinski definition) is 1. The van der Waals surface area contributed by atoms with Gasteiger partial charge in [-0.05, 0) is 39.7 Å². The summed E-state index contributed by atoms with van der Waals surface area (Å²) < 4.78 is 5.12. The maximum atomic E-state index is 8.86. The van der Waals surface area contributed by atoms with Gasteiger partial charge in [0.1, 0.15) is 0 Å². The number of nitrogens with one attached hydrogen (secondary N) is 1. The third-order valence-electron chi connectivity index (χ3n) is 2.82. The first-order valence-electron chi connectivity index (χ1n) is 6.19. The van der Waals surface area contributed by atoms with Crippen LogP contribution in [0.2, 0.25) is 0 Å². The van der Waals surface area contributed by atoms with Crippen molar-refractivity contribution in [2.75, 3.05) is 20.3 Å². The molecule has 1 atom stereocenters. The lowest BCUT2D eigenvalue weighted by atomic mass is 9.89. The zero-order valence-electron chi connectivity index (χ0n) is 11.2. The molecule has 0 fully saturated rings. The lowest BCUT2D eigenvalue weighted by molar-refractivity contribution is 0.164. The Labute approximate surface area is 100 Å². The highest BCUT2D eigenvalue weighted by atomic mass is 16.5. The van der Waals surface area contributed by atoms with Crippen molar-refractivity contribution in [2.45, 2.75) is 52.5 Å². The van der Waals surface area contributed by atoms with Gasteiger partial charge in [0.15, 0.2) is 0 Å². The van der Waals surface area contributed by atoms with Gasteiger partial charge in [-0.25, -0.2) is 0 Å². The summed E-state index contributed by atoms with van der Waals surface area (Å²) in [7, 11) is 1.74. The largest absolute Gasteiger partial charge is 0.383 e. The second-order valence-electron chi connectivity index (χ2n) is 4.97. The molecule has 0 amide bonds. The van der Waals surface area contributed by atoms with E-state index in [9.17, 15) is 0 Å². The van der Waals surface area contributed by atoms with Crippen LogP contribution in [-0.2, 0) is 4.74 Å². The zero-order valence-corrected chi connectivity index (χ0v) is 11.2. The summed E-state index contributed by atoms with van der Waals surface area (Å²) in [6, 6.07) is 2.80. The molecule has 0 aromatic rings. The highest BCUT2D eigenvalue weighted by Crippen LogP contribution is 2.21. The highest BCUT2D eigenvalue weighted by Gasteiger charge is 2.15. The summed E-state index contributed by atoms with van der Waals surface area (Å²) in [5.74, 6) is 0. The van der Waals surface area contributed by atoms with Gasteiger partial charge in [0.2, 0.25) is 0 Å². The minimum atomic E-state index is -0.170. The molecule has 3 heteroatoms. The third-order valence-corrected chi connectivity index (χ3v) is 2.82. The van der Waals surface area contributed by atoms with Crippen molar-refractivity contribution in [1.29, 1.82) is 5.26 Å². The van der Waals surface area contributed by atoms with Crippen LogP contribution in [0.3, 0.4) is 0 Å². The normalized spacial score (nSPS) is 13.4. The smallest absolute Gasteiger partial charge is 0.0683 e. The van der Waals surface area contributed by atoms with Gasteiger partial charge in [0, 0.05) is 13.2 Å². The van der Waals surface area contributed by atoms with E-state index in [1.54, 1.807) is 7.11 Å². The van der Waals surface area contributed by atoms with E-state index in [-0.39, 0.29) is 5.41 Å². The standard InChI is InChI=1S/C13H26N2O/c1-5-12(10-16-4)15-9-7-6-8-13(2,3)11-14/h12,15H,5-10H2,1-4H3. The van der Waals surface area contributed by atoms with E-state index >= 15 is 0 Å². The molecule has 1 N–H and O–H groups in total. The summed E-state index contributed by atoms with van der Waals surface area (Å²) in [6.07, 6.45) is 4.31. The first kappa shape index (κ1) is 15.4. The van der Waals surface area contributed by atoms with Crippen LogP contribution >= 0.6 is 0 Å². The maximum Gasteiger partial charge on any atom is 0.0683 e. The van der Waals surface area contributed by atoms with Crippen LogP contribution in [0.25, 0.3) is 0 Å². The quantitative estimate of drug-likeness (QED) is 0.615. The van der Waals surface area contributed by atoms with Gasteiger partial charge in [0.25, 0.3) is 0 Å². The minimum absolute atomic E-state index is 0.170. The van der Waals surface area contributed by atoms with Gasteiger partial charge < -0.3 is 10.1 Å². The monoisotopic (exact) mass is 226 g/mol. The molecular formula is C13H26N2O. The Morgan fingerprint density at radius 1 is 1.38 bits per heavy atom. The molecule has 0 aliphatic carbocycles. The first-order valence-corrected chi connectivity index (χ1v) is 6.19. The van der Waals surface area contributed by atoms with E-state index in [4.69, 9.17) is 10.00 Å². The second-order valence-corrected chi connectivity index (χ2v) is 4.97.